The quantitative estimate of drug-likeness (QED) is 0.914. The summed E-state index contributed by atoms with van der Waals surface area (Å²) in [7, 11) is 0. The van der Waals surface area contributed by atoms with Crippen molar-refractivity contribution < 1.29 is 4.79 Å². The number of carbonyl (C=O) groups is 1. The third kappa shape index (κ3) is 2.59. The molecule has 0 saturated carbocycles. The van der Waals surface area contributed by atoms with E-state index >= 15 is 0 Å². The Balaban J connectivity index is 2.36. The maximum atomic E-state index is 12.5. The molecular formula is C17H26N2O. The van der Waals surface area contributed by atoms with Gasteiger partial charge >= 0.3 is 0 Å². The van der Waals surface area contributed by atoms with Crippen molar-refractivity contribution in [2.45, 2.75) is 59.3 Å². The predicted octanol–water partition coefficient (Wildman–Crippen LogP) is 3.25. The molecule has 20 heavy (non-hydrogen) atoms. The number of hydrogen-bond acceptors (Lipinski definition) is 2. The molecule has 4 atom stereocenters. The van der Waals surface area contributed by atoms with Gasteiger partial charge in [-0.1, -0.05) is 44.5 Å². The fourth-order valence-electron chi connectivity index (χ4n) is 2.92. The first-order valence-electron chi connectivity index (χ1n) is 7.61. The number of carbonyl (C=O) groups excluding carboxylic acids is 1. The normalized spacial score (nSPS) is 25.9. The lowest BCUT2D eigenvalue weighted by Gasteiger charge is -2.34. The summed E-state index contributed by atoms with van der Waals surface area (Å²) in [6, 6.07) is 8.46. The van der Waals surface area contributed by atoms with E-state index in [1.165, 1.54) is 11.1 Å². The molecule has 1 fully saturated rings. The third-order valence-corrected chi connectivity index (χ3v) is 4.70. The van der Waals surface area contributed by atoms with Gasteiger partial charge in [-0.2, -0.15) is 0 Å². The van der Waals surface area contributed by atoms with Crippen LogP contribution in [0.2, 0.25) is 0 Å². The Bertz CT molecular complexity index is 486. The van der Waals surface area contributed by atoms with Crippen LogP contribution < -0.4 is 5.32 Å². The van der Waals surface area contributed by atoms with E-state index in [0.717, 1.165) is 6.42 Å². The molecule has 1 amide bonds. The van der Waals surface area contributed by atoms with Crippen molar-refractivity contribution in [2.75, 3.05) is 0 Å². The Kier molecular flexibility index (Phi) is 4.48. The molecule has 1 aromatic carbocycles. The Morgan fingerprint density at radius 1 is 1.30 bits per heavy atom. The smallest absolute Gasteiger partial charge is 0.241 e. The van der Waals surface area contributed by atoms with Gasteiger partial charge < -0.3 is 4.90 Å². The number of rotatable bonds is 4. The molecular weight excluding hydrogens is 248 g/mol. The molecule has 1 saturated heterocycles. The number of hydrogen-bond donors (Lipinski definition) is 1. The molecule has 2 rings (SSSR count). The molecule has 0 spiro atoms. The Hall–Kier alpha value is -1.35. The van der Waals surface area contributed by atoms with Crippen LogP contribution in [0.4, 0.5) is 0 Å². The third-order valence-electron chi connectivity index (χ3n) is 4.70. The van der Waals surface area contributed by atoms with E-state index in [9.17, 15) is 4.79 Å². The zero-order valence-electron chi connectivity index (χ0n) is 13.2. The van der Waals surface area contributed by atoms with Crippen LogP contribution in [0.1, 0.15) is 51.4 Å². The van der Waals surface area contributed by atoms with Gasteiger partial charge in [-0.3, -0.25) is 10.1 Å². The van der Waals surface area contributed by atoms with Crippen molar-refractivity contribution in [3.63, 3.8) is 0 Å². The van der Waals surface area contributed by atoms with E-state index in [1.54, 1.807) is 0 Å². The molecule has 1 aliphatic rings. The topological polar surface area (TPSA) is 32.3 Å². The zero-order chi connectivity index (χ0) is 14.9. The highest BCUT2D eigenvalue weighted by Gasteiger charge is 2.41. The number of benzene rings is 1. The van der Waals surface area contributed by atoms with Gasteiger partial charge in [0.05, 0.1) is 6.04 Å². The number of amides is 1. The van der Waals surface area contributed by atoms with Crippen molar-refractivity contribution in [2.24, 2.45) is 5.92 Å². The standard InChI is InChI=1S/C17H26N2O/c1-6-11(2)14(5)19-16(18-13(4)17(19)20)15-10-8-7-9-12(15)3/h7-11,13-14,16,18H,6H2,1-5H3. The fraction of sp³-hybridized carbons (Fsp3) is 0.588. The monoisotopic (exact) mass is 274 g/mol. The molecule has 0 aromatic heterocycles. The fourth-order valence-corrected chi connectivity index (χ4v) is 2.92. The largest absolute Gasteiger partial charge is 0.319 e. The Morgan fingerprint density at radius 2 is 1.95 bits per heavy atom. The van der Waals surface area contributed by atoms with E-state index in [0.29, 0.717) is 5.92 Å². The molecule has 1 N–H and O–H groups in total. The first-order valence-corrected chi connectivity index (χ1v) is 7.61. The van der Waals surface area contributed by atoms with Crippen molar-refractivity contribution >= 4 is 5.91 Å². The summed E-state index contributed by atoms with van der Waals surface area (Å²) in [5.74, 6) is 0.712. The minimum Gasteiger partial charge on any atom is -0.319 e. The van der Waals surface area contributed by atoms with Gasteiger partial charge in [-0.15, -0.1) is 0 Å². The van der Waals surface area contributed by atoms with Crippen molar-refractivity contribution in [1.29, 1.82) is 0 Å². The molecule has 1 aliphatic heterocycles. The predicted molar refractivity (Wildman–Crippen MR) is 82.3 cm³/mol. The highest BCUT2D eigenvalue weighted by molar-refractivity contribution is 5.84. The van der Waals surface area contributed by atoms with Gasteiger partial charge in [0.15, 0.2) is 0 Å². The zero-order valence-corrected chi connectivity index (χ0v) is 13.2. The van der Waals surface area contributed by atoms with E-state index in [1.807, 2.05) is 24.0 Å². The van der Waals surface area contributed by atoms with E-state index < -0.39 is 0 Å². The summed E-state index contributed by atoms with van der Waals surface area (Å²) >= 11 is 0. The Morgan fingerprint density at radius 3 is 2.55 bits per heavy atom. The summed E-state index contributed by atoms with van der Waals surface area (Å²) in [5, 5.41) is 3.45. The molecule has 1 aromatic rings. The second-order valence-electron chi connectivity index (χ2n) is 6.02. The molecule has 1 heterocycles. The van der Waals surface area contributed by atoms with Crippen LogP contribution in [-0.2, 0) is 4.79 Å². The van der Waals surface area contributed by atoms with E-state index in [-0.39, 0.29) is 24.2 Å². The van der Waals surface area contributed by atoms with Crippen LogP contribution in [0.15, 0.2) is 24.3 Å². The van der Waals surface area contributed by atoms with Crippen LogP contribution >= 0.6 is 0 Å². The highest BCUT2D eigenvalue weighted by atomic mass is 16.2. The highest BCUT2D eigenvalue weighted by Crippen LogP contribution is 2.32. The lowest BCUT2D eigenvalue weighted by Crippen LogP contribution is -2.41. The lowest BCUT2D eigenvalue weighted by atomic mass is 9.97. The minimum atomic E-state index is -0.105. The summed E-state index contributed by atoms with van der Waals surface area (Å²) < 4.78 is 0. The van der Waals surface area contributed by atoms with Gasteiger partial charge in [-0.05, 0) is 37.8 Å². The van der Waals surface area contributed by atoms with Gasteiger partial charge in [0.25, 0.3) is 0 Å². The van der Waals surface area contributed by atoms with Crippen LogP contribution in [0.25, 0.3) is 0 Å². The molecule has 0 aliphatic carbocycles. The minimum absolute atomic E-state index is 0.00250. The molecule has 3 heteroatoms. The average Bonchev–Trinajstić information content (AvgIpc) is 2.73. The van der Waals surface area contributed by atoms with Gasteiger partial charge in [0, 0.05) is 6.04 Å². The van der Waals surface area contributed by atoms with Crippen LogP contribution in [-0.4, -0.2) is 22.9 Å². The van der Waals surface area contributed by atoms with Gasteiger partial charge in [0.2, 0.25) is 5.91 Å². The summed E-state index contributed by atoms with van der Waals surface area (Å²) in [6.45, 7) is 10.6. The summed E-state index contributed by atoms with van der Waals surface area (Å²) in [5.41, 5.74) is 2.44. The maximum absolute atomic E-state index is 12.5. The van der Waals surface area contributed by atoms with Crippen molar-refractivity contribution in [1.82, 2.24) is 10.2 Å². The number of nitrogens with one attached hydrogen (secondary N) is 1. The molecule has 0 bridgehead atoms. The molecule has 0 radical (unpaired) electrons. The van der Waals surface area contributed by atoms with Crippen LogP contribution in [0.5, 0.6) is 0 Å². The number of nitrogens with zero attached hydrogens (tertiary/aromatic N) is 1. The van der Waals surface area contributed by atoms with E-state index in [4.69, 9.17) is 0 Å². The Labute approximate surface area is 122 Å². The van der Waals surface area contributed by atoms with Crippen molar-refractivity contribution in [3.8, 4) is 0 Å². The molecule has 4 unspecified atom stereocenters. The second kappa shape index (κ2) is 5.96. The number of aryl methyl sites for hydroxylation is 1. The van der Waals surface area contributed by atoms with Crippen LogP contribution in [0, 0.1) is 12.8 Å². The summed E-state index contributed by atoms with van der Waals surface area (Å²) in [4.78, 5) is 14.6. The summed E-state index contributed by atoms with van der Waals surface area (Å²) in [6.07, 6.45) is 1.09. The first-order chi connectivity index (χ1) is 9.47. The van der Waals surface area contributed by atoms with Crippen LogP contribution in [0.3, 0.4) is 0 Å². The van der Waals surface area contributed by atoms with Crippen molar-refractivity contribution in [3.05, 3.63) is 35.4 Å². The molecule has 110 valence electrons. The maximum Gasteiger partial charge on any atom is 0.241 e. The second-order valence-corrected chi connectivity index (χ2v) is 6.02. The average molecular weight is 274 g/mol. The van der Waals surface area contributed by atoms with Gasteiger partial charge in [0.1, 0.15) is 6.17 Å². The van der Waals surface area contributed by atoms with E-state index in [2.05, 4.69) is 45.1 Å². The first kappa shape index (κ1) is 15.0. The van der Waals surface area contributed by atoms with Gasteiger partial charge in [-0.25, -0.2) is 0 Å². The lowest BCUT2D eigenvalue weighted by molar-refractivity contribution is -0.132. The SMILES string of the molecule is CCC(C)C(C)N1C(=O)C(C)NC1c1ccccc1C. The molecule has 3 nitrogen and oxygen atoms in total.